The third-order valence-corrected chi connectivity index (χ3v) is 6.68. The van der Waals surface area contributed by atoms with Gasteiger partial charge >= 0.3 is 0 Å². The Hall–Kier alpha value is -2.34. The van der Waals surface area contributed by atoms with Gasteiger partial charge in [-0.2, -0.15) is 4.31 Å². The molecule has 1 aromatic carbocycles. The van der Waals surface area contributed by atoms with Gasteiger partial charge in [0.2, 0.25) is 5.91 Å². The molecule has 1 N–H and O–H groups in total. The van der Waals surface area contributed by atoms with E-state index >= 15 is 0 Å². The first-order valence-corrected chi connectivity index (χ1v) is 10.2. The van der Waals surface area contributed by atoms with Gasteiger partial charge in [0.15, 0.2) is 0 Å². The molecule has 2 aromatic rings. The maximum Gasteiger partial charge on any atom is 0.252 e. The van der Waals surface area contributed by atoms with E-state index in [2.05, 4.69) is 11.2 Å². The fourth-order valence-corrected chi connectivity index (χ4v) is 4.46. The SMILES string of the molecule is C#CCOc1ccc(CCNC(=O)CN(C)S(=O)(=O)c2cccs2)cc1. The number of terminal acetylenes is 1. The van der Waals surface area contributed by atoms with Crippen molar-refractivity contribution >= 4 is 27.3 Å². The zero-order valence-electron chi connectivity index (χ0n) is 14.3. The van der Waals surface area contributed by atoms with E-state index < -0.39 is 10.0 Å². The number of likely N-dealkylation sites (N-methyl/N-ethyl adjacent to an activating group) is 1. The predicted octanol–water partition coefficient (Wildman–Crippen LogP) is 1.74. The molecule has 0 radical (unpaired) electrons. The van der Waals surface area contributed by atoms with Gasteiger partial charge in [-0.25, -0.2) is 8.42 Å². The Labute approximate surface area is 157 Å². The summed E-state index contributed by atoms with van der Waals surface area (Å²) in [5, 5.41) is 4.41. The number of amides is 1. The van der Waals surface area contributed by atoms with E-state index in [1.165, 1.54) is 13.1 Å². The van der Waals surface area contributed by atoms with E-state index in [4.69, 9.17) is 11.2 Å². The van der Waals surface area contributed by atoms with E-state index in [-0.39, 0.29) is 23.3 Å². The molecule has 0 aliphatic rings. The Morgan fingerprint density at radius 3 is 2.65 bits per heavy atom. The predicted molar refractivity (Wildman–Crippen MR) is 102 cm³/mol. The lowest BCUT2D eigenvalue weighted by Gasteiger charge is -2.15. The first kappa shape index (κ1) is 20.0. The Bertz CT molecular complexity index is 854. The lowest BCUT2D eigenvalue weighted by molar-refractivity contribution is -0.121. The molecule has 2 rings (SSSR count). The van der Waals surface area contributed by atoms with Gasteiger partial charge in [0.25, 0.3) is 10.0 Å². The van der Waals surface area contributed by atoms with Crippen molar-refractivity contribution in [2.24, 2.45) is 0 Å². The molecular formula is C18H20N2O4S2. The zero-order valence-corrected chi connectivity index (χ0v) is 16.0. The molecule has 0 aliphatic heterocycles. The average molecular weight is 393 g/mol. The van der Waals surface area contributed by atoms with Crippen LogP contribution in [0.15, 0.2) is 46.0 Å². The van der Waals surface area contributed by atoms with Crippen molar-refractivity contribution in [1.29, 1.82) is 0 Å². The molecule has 138 valence electrons. The van der Waals surface area contributed by atoms with Gasteiger partial charge in [0.05, 0.1) is 6.54 Å². The van der Waals surface area contributed by atoms with Gasteiger partial charge in [-0.05, 0) is 35.6 Å². The number of nitrogens with zero attached hydrogens (tertiary/aromatic N) is 1. The van der Waals surface area contributed by atoms with Crippen LogP contribution in [-0.4, -0.2) is 45.4 Å². The zero-order chi connectivity index (χ0) is 19.0. The summed E-state index contributed by atoms with van der Waals surface area (Å²) in [7, 11) is -2.22. The van der Waals surface area contributed by atoms with Crippen LogP contribution in [0.1, 0.15) is 5.56 Å². The summed E-state index contributed by atoms with van der Waals surface area (Å²) in [5.41, 5.74) is 1.03. The van der Waals surface area contributed by atoms with Crippen LogP contribution in [-0.2, 0) is 21.2 Å². The van der Waals surface area contributed by atoms with Crippen molar-refractivity contribution in [3.63, 3.8) is 0 Å². The van der Waals surface area contributed by atoms with Crippen molar-refractivity contribution in [1.82, 2.24) is 9.62 Å². The molecule has 1 heterocycles. The molecule has 0 aliphatic carbocycles. The summed E-state index contributed by atoms with van der Waals surface area (Å²) in [6.45, 7) is 0.409. The lowest BCUT2D eigenvalue weighted by Crippen LogP contribution is -2.38. The standard InChI is InChI=1S/C18H20N2O4S2/c1-3-12-24-16-8-6-15(7-9-16)10-11-19-17(21)14-20(2)26(22,23)18-5-4-13-25-18/h1,4-9,13H,10-12,14H2,2H3,(H,19,21). The molecule has 0 unspecified atom stereocenters. The van der Waals surface area contributed by atoms with Crippen LogP contribution in [0, 0.1) is 12.3 Å². The van der Waals surface area contributed by atoms with E-state index in [0.717, 1.165) is 21.2 Å². The molecule has 0 fully saturated rings. The highest BCUT2D eigenvalue weighted by molar-refractivity contribution is 7.91. The number of ether oxygens (including phenoxy) is 1. The van der Waals surface area contributed by atoms with Gasteiger partial charge in [-0.15, -0.1) is 17.8 Å². The topological polar surface area (TPSA) is 75.7 Å². The average Bonchev–Trinajstić information content (AvgIpc) is 3.16. The number of nitrogens with one attached hydrogen (secondary N) is 1. The number of carbonyl (C=O) groups is 1. The number of rotatable bonds is 9. The van der Waals surface area contributed by atoms with E-state index in [1.807, 2.05) is 24.3 Å². The van der Waals surface area contributed by atoms with E-state index in [0.29, 0.717) is 18.7 Å². The van der Waals surface area contributed by atoms with E-state index in [9.17, 15) is 13.2 Å². The second kappa shape index (κ2) is 9.38. The molecule has 8 heteroatoms. The summed E-state index contributed by atoms with van der Waals surface area (Å²) in [5.74, 6) is 2.74. The second-order valence-corrected chi connectivity index (χ2v) is 8.65. The largest absolute Gasteiger partial charge is 0.481 e. The third-order valence-electron chi connectivity index (χ3n) is 3.51. The minimum absolute atomic E-state index is 0.220. The highest BCUT2D eigenvalue weighted by Crippen LogP contribution is 2.19. The van der Waals surface area contributed by atoms with Gasteiger partial charge < -0.3 is 10.1 Å². The van der Waals surface area contributed by atoms with Crippen molar-refractivity contribution in [3.05, 3.63) is 47.3 Å². The van der Waals surface area contributed by atoms with Gasteiger partial charge in [-0.1, -0.05) is 24.1 Å². The lowest BCUT2D eigenvalue weighted by atomic mass is 10.1. The monoisotopic (exact) mass is 392 g/mol. The van der Waals surface area contributed by atoms with Crippen LogP contribution in [0.4, 0.5) is 0 Å². The molecule has 6 nitrogen and oxygen atoms in total. The third kappa shape index (κ3) is 5.59. The maximum absolute atomic E-state index is 12.3. The van der Waals surface area contributed by atoms with Crippen molar-refractivity contribution < 1.29 is 17.9 Å². The fourth-order valence-electron chi connectivity index (χ4n) is 2.13. The molecule has 1 aromatic heterocycles. The quantitative estimate of drug-likeness (QED) is 0.660. The van der Waals surface area contributed by atoms with Crippen LogP contribution in [0.2, 0.25) is 0 Å². The van der Waals surface area contributed by atoms with Crippen LogP contribution < -0.4 is 10.1 Å². The molecule has 0 saturated heterocycles. The smallest absolute Gasteiger partial charge is 0.252 e. The van der Waals surface area contributed by atoms with E-state index in [1.54, 1.807) is 11.4 Å². The summed E-state index contributed by atoms with van der Waals surface area (Å²) in [6.07, 6.45) is 5.76. The minimum Gasteiger partial charge on any atom is -0.481 e. The highest BCUT2D eigenvalue weighted by atomic mass is 32.2. The number of benzene rings is 1. The Morgan fingerprint density at radius 1 is 1.31 bits per heavy atom. The Morgan fingerprint density at radius 2 is 2.04 bits per heavy atom. The fraction of sp³-hybridized carbons (Fsp3) is 0.278. The highest BCUT2D eigenvalue weighted by Gasteiger charge is 2.23. The molecule has 0 spiro atoms. The second-order valence-electron chi connectivity index (χ2n) is 5.43. The number of hydrogen-bond donors (Lipinski definition) is 1. The van der Waals surface area contributed by atoms with Crippen LogP contribution in [0.5, 0.6) is 5.75 Å². The van der Waals surface area contributed by atoms with Crippen LogP contribution >= 0.6 is 11.3 Å². The van der Waals surface area contributed by atoms with Crippen molar-refractivity contribution in [2.75, 3.05) is 26.7 Å². The summed E-state index contributed by atoms with van der Waals surface area (Å²) >= 11 is 1.12. The molecular weight excluding hydrogens is 372 g/mol. The Kier molecular flexibility index (Phi) is 7.21. The maximum atomic E-state index is 12.3. The molecule has 0 atom stereocenters. The van der Waals surface area contributed by atoms with Gasteiger partial charge in [0, 0.05) is 13.6 Å². The summed E-state index contributed by atoms with van der Waals surface area (Å²) in [4.78, 5) is 12.0. The summed E-state index contributed by atoms with van der Waals surface area (Å²) < 4.78 is 31.1. The normalized spacial score (nSPS) is 11.1. The van der Waals surface area contributed by atoms with Gasteiger partial charge in [-0.3, -0.25) is 4.79 Å². The number of thiophene rings is 1. The van der Waals surface area contributed by atoms with Crippen molar-refractivity contribution in [2.45, 2.75) is 10.6 Å². The van der Waals surface area contributed by atoms with Crippen LogP contribution in [0.3, 0.4) is 0 Å². The van der Waals surface area contributed by atoms with Crippen molar-refractivity contribution in [3.8, 4) is 18.1 Å². The first-order chi connectivity index (χ1) is 12.4. The minimum atomic E-state index is -3.62. The molecule has 0 saturated carbocycles. The first-order valence-electron chi connectivity index (χ1n) is 7.85. The molecule has 26 heavy (non-hydrogen) atoms. The molecule has 0 bridgehead atoms. The Balaban J connectivity index is 1.77. The molecule has 1 amide bonds. The van der Waals surface area contributed by atoms with Gasteiger partial charge in [0.1, 0.15) is 16.6 Å². The van der Waals surface area contributed by atoms with Crippen LogP contribution in [0.25, 0.3) is 0 Å². The number of carbonyl (C=O) groups excluding carboxylic acids is 1. The summed E-state index contributed by atoms with van der Waals surface area (Å²) in [6, 6.07) is 10.6. The number of hydrogen-bond acceptors (Lipinski definition) is 5. The number of sulfonamides is 1.